The third kappa shape index (κ3) is 2.55. The lowest BCUT2D eigenvalue weighted by Crippen LogP contribution is -2.10. The Morgan fingerprint density at radius 1 is 1.43 bits per heavy atom. The van der Waals surface area contributed by atoms with Crippen LogP contribution in [0.25, 0.3) is 11.0 Å². The molecule has 0 aliphatic heterocycles. The summed E-state index contributed by atoms with van der Waals surface area (Å²) in [5, 5.41) is 24.4. The lowest BCUT2D eigenvalue weighted by molar-refractivity contribution is -0.383. The summed E-state index contributed by atoms with van der Waals surface area (Å²) in [5.41, 5.74) is 1.03. The Balaban J connectivity index is 1.83. The number of nitro groups is 1. The summed E-state index contributed by atoms with van der Waals surface area (Å²) in [7, 11) is 0. The molecular formula is C12H11N5O3S. The first-order valence-corrected chi connectivity index (χ1v) is 7.07. The van der Waals surface area contributed by atoms with Gasteiger partial charge in [-0.15, -0.1) is 11.3 Å². The third-order valence-corrected chi connectivity index (χ3v) is 4.07. The van der Waals surface area contributed by atoms with Gasteiger partial charge < -0.3 is 5.32 Å². The molecule has 0 aliphatic rings. The van der Waals surface area contributed by atoms with Crippen LogP contribution in [-0.2, 0) is 0 Å². The number of thiazole rings is 1. The quantitative estimate of drug-likeness (QED) is 0.570. The van der Waals surface area contributed by atoms with E-state index in [2.05, 4.69) is 32.2 Å². The minimum absolute atomic E-state index is 0.121. The zero-order valence-electron chi connectivity index (χ0n) is 11.0. The van der Waals surface area contributed by atoms with Crippen LogP contribution in [0.2, 0.25) is 0 Å². The number of nitro benzene ring substituents is 1. The lowest BCUT2D eigenvalue weighted by Gasteiger charge is -2.11. The molecule has 1 N–H and O–H groups in total. The van der Waals surface area contributed by atoms with Crippen LogP contribution in [-0.4, -0.2) is 26.8 Å². The number of anilines is 1. The molecule has 0 amide bonds. The monoisotopic (exact) mass is 305 g/mol. The standard InChI is InChI=1S/C12H11N5O3S/c1-7(12-13-4-5-21-12)6-14-8-2-3-9(17(18)19)11-10(8)15-20-16-11/h2-5,7,14H,6H2,1H3. The molecule has 0 fully saturated rings. The van der Waals surface area contributed by atoms with Crippen LogP contribution in [0.1, 0.15) is 17.8 Å². The Morgan fingerprint density at radius 2 is 2.24 bits per heavy atom. The molecule has 0 radical (unpaired) electrons. The molecule has 8 nitrogen and oxygen atoms in total. The molecule has 0 spiro atoms. The van der Waals surface area contributed by atoms with Crippen LogP contribution in [0.3, 0.4) is 0 Å². The number of rotatable bonds is 5. The minimum atomic E-state index is -0.505. The van der Waals surface area contributed by atoms with Gasteiger partial charge >= 0.3 is 5.69 Å². The summed E-state index contributed by atoms with van der Waals surface area (Å²) in [6.07, 6.45) is 1.77. The molecule has 3 aromatic rings. The number of non-ortho nitro benzene ring substituents is 1. The van der Waals surface area contributed by atoms with Crippen LogP contribution >= 0.6 is 11.3 Å². The zero-order chi connectivity index (χ0) is 14.8. The fraction of sp³-hybridized carbons (Fsp3) is 0.250. The van der Waals surface area contributed by atoms with Crippen molar-refractivity contribution < 1.29 is 9.55 Å². The average Bonchev–Trinajstić information content (AvgIpc) is 3.14. The number of aromatic nitrogens is 3. The van der Waals surface area contributed by atoms with Crippen LogP contribution in [0, 0.1) is 10.1 Å². The fourth-order valence-electron chi connectivity index (χ4n) is 1.97. The largest absolute Gasteiger partial charge is 0.382 e. The summed E-state index contributed by atoms with van der Waals surface area (Å²) < 4.78 is 4.62. The van der Waals surface area contributed by atoms with Gasteiger partial charge in [-0.2, -0.15) is 0 Å². The molecule has 0 aliphatic carbocycles. The second kappa shape index (κ2) is 5.44. The molecule has 1 aromatic carbocycles. The number of benzene rings is 1. The first kappa shape index (κ1) is 13.4. The number of hydrogen-bond acceptors (Lipinski definition) is 8. The highest BCUT2D eigenvalue weighted by Crippen LogP contribution is 2.29. The second-order valence-corrected chi connectivity index (χ2v) is 5.43. The molecule has 3 rings (SSSR count). The van der Waals surface area contributed by atoms with Gasteiger partial charge in [-0.3, -0.25) is 10.1 Å². The van der Waals surface area contributed by atoms with Gasteiger partial charge in [0.15, 0.2) is 5.52 Å². The molecule has 0 saturated heterocycles. The van der Waals surface area contributed by atoms with Gasteiger partial charge in [0, 0.05) is 30.1 Å². The van der Waals surface area contributed by atoms with E-state index in [9.17, 15) is 10.1 Å². The highest BCUT2D eigenvalue weighted by Gasteiger charge is 2.19. The van der Waals surface area contributed by atoms with Crippen molar-refractivity contribution in [2.45, 2.75) is 12.8 Å². The summed E-state index contributed by atoms with van der Waals surface area (Å²) in [5.74, 6) is 0.218. The van der Waals surface area contributed by atoms with Gasteiger partial charge in [-0.05, 0) is 16.4 Å². The summed E-state index contributed by atoms with van der Waals surface area (Å²) >= 11 is 1.59. The highest BCUT2D eigenvalue weighted by molar-refractivity contribution is 7.09. The zero-order valence-corrected chi connectivity index (χ0v) is 11.8. The molecule has 1 unspecified atom stereocenters. The van der Waals surface area contributed by atoms with Gasteiger partial charge in [-0.1, -0.05) is 6.92 Å². The van der Waals surface area contributed by atoms with Crippen molar-refractivity contribution in [1.29, 1.82) is 0 Å². The summed E-state index contributed by atoms with van der Waals surface area (Å²) in [6, 6.07) is 3.00. The van der Waals surface area contributed by atoms with Crippen molar-refractivity contribution in [1.82, 2.24) is 15.3 Å². The summed E-state index contributed by atoms with van der Waals surface area (Å²) in [4.78, 5) is 14.7. The minimum Gasteiger partial charge on any atom is -0.382 e. The van der Waals surface area contributed by atoms with Gasteiger partial charge in [-0.25, -0.2) is 9.61 Å². The normalized spacial score (nSPS) is 12.4. The number of hydrogen-bond donors (Lipinski definition) is 1. The van der Waals surface area contributed by atoms with Crippen molar-refractivity contribution >= 4 is 33.7 Å². The van der Waals surface area contributed by atoms with E-state index in [1.165, 1.54) is 6.07 Å². The van der Waals surface area contributed by atoms with Gasteiger partial charge in [0.05, 0.1) is 15.6 Å². The average molecular weight is 305 g/mol. The summed E-state index contributed by atoms with van der Waals surface area (Å²) in [6.45, 7) is 2.68. The Kier molecular flexibility index (Phi) is 3.48. The molecule has 2 aromatic heterocycles. The van der Waals surface area contributed by atoms with E-state index in [-0.39, 0.29) is 17.1 Å². The van der Waals surface area contributed by atoms with Gasteiger partial charge in [0.1, 0.15) is 0 Å². The Hall–Kier alpha value is -2.55. The predicted molar refractivity (Wildman–Crippen MR) is 77.5 cm³/mol. The van der Waals surface area contributed by atoms with Gasteiger partial charge in [0.2, 0.25) is 5.52 Å². The van der Waals surface area contributed by atoms with Crippen molar-refractivity contribution in [3.63, 3.8) is 0 Å². The molecule has 2 heterocycles. The molecule has 21 heavy (non-hydrogen) atoms. The van der Waals surface area contributed by atoms with E-state index in [4.69, 9.17) is 0 Å². The number of nitrogens with one attached hydrogen (secondary N) is 1. The van der Waals surface area contributed by atoms with E-state index in [0.29, 0.717) is 17.7 Å². The molecule has 0 saturated carbocycles. The topological polar surface area (TPSA) is 107 Å². The number of nitrogens with zero attached hydrogens (tertiary/aromatic N) is 4. The molecule has 108 valence electrons. The predicted octanol–water partition coefficient (Wildman–Crippen LogP) is 2.80. The van der Waals surface area contributed by atoms with Crippen LogP contribution in [0.5, 0.6) is 0 Å². The highest BCUT2D eigenvalue weighted by atomic mass is 32.1. The number of fused-ring (bicyclic) bond motifs is 1. The smallest absolute Gasteiger partial charge is 0.300 e. The third-order valence-electron chi connectivity index (χ3n) is 3.06. The SMILES string of the molecule is CC(CNc1ccc([N+](=O)[O-])c2nonc12)c1nccs1. The van der Waals surface area contributed by atoms with Crippen molar-refractivity contribution in [2.24, 2.45) is 0 Å². The molecule has 9 heteroatoms. The Labute approximate surface area is 122 Å². The first-order chi connectivity index (χ1) is 10.2. The van der Waals surface area contributed by atoms with Crippen LogP contribution in [0.4, 0.5) is 11.4 Å². The molecule has 1 atom stereocenters. The maximum atomic E-state index is 10.9. The van der Waals surface area contributed by atoms with Crippen molar-refractivity contribution in [3.05, 3.63) is 38.8 Å². The van der Waals surface area contributed by atoms with E-state index < -0.39 is 4.92 Å². The maximum Gasteiger partial charge on any atom is 0.300 e. The van der Waals surface area contributed by atoms with E-state index in [1.807, 2.05) is 5.38 Å². The van der Waals surface area contributed by atoms with E-state index in [1.54, 1.807) is 23.6 Å². The fourth-order valence-corrected chi connectivity index (χ4v) is 2.67. The van der Waals surface area contributed by atoms with Crippen molar-refractivity contribution in [2.75, 3.05) is 11.9 Å². The van der Waals surface area contributed by atoms with Crippen LogP contribution < -0.4 is 5.32 Å². The first-order valence-electron chi connectivity index (χ1n) is 6.19. The Bertz CT molecular complexity index is 770. The Morgan fingerprint density at radius 3 is 2.95 bits per heavy atom. The maximum absolute atomic E-state index is 10.9. The van der Waals surface area contributed by atoms with E-state index >= 15 is 0 Å². The molecular weight excluding hydrogens is 294 g/mol. The van der Waals surface area contributed by atoms with E-state index in [0.717, 1.165) is 5.01 Å². The molecule has 0 bridgehead atoms. The second-order valence-electron chi connectivity index (χ2n) is 4.50. The van der Waals surface area contributed by atoms with Crippen LogP contribution in [0.15, 0.2) is 28.3 Å². The van der Waals surface area contributed by atoms with Gasteiger partial charge in [0.25, 0.3) is 0 Å². The van der Waals surface area contributed by atoms with Crippen molar-refractivity contribution in [3.8, 4) is 0 Å². The lowest BCUT2D eigenvalue weighted by atomic mass is 10.2.